The van der Waals surface area contributed by atoms with Gasteiger partial charge in [-0.05, 0) is 29.8 Å². The van der Waals surface area contributed by atoms with Crippen molar-refractivity contribution in [1.82, 2.24) is 5.43 Å². The molecule has 0 saturated heterocycles. The summed E-state index contributed by atoms with van der Waals surface area (Å²) in [5, 5.41) is 18.1. The Kier molecular flexibility index (Phi) is 8.55. The molecular weight excluding hydrogens is 483 g/mol. The van der Waals surface area contributed by atoms with E-state index in [1.165, 1.54) is 18.3 Å². The number of hydrogen-bond acceptors (Lipinski definition) is 6. The molecule has 9 nitrogen and oxygen atoms in total. The monoisotopic (exact) mass is 500 g/mol. The van der Waals surface area contributed by atoms with Gasteiger partial charge in [-0.3, -0.25) is 19.7 Å². The number of hydrogen-bond donors (Lipinski definition) is 2. The van der Waals surface area contributed by atoms with Crippen LogP contribution in [-0.2, 0) is 16.2 Å². The van der Waals surface area contributed by atoms with Crippen molar-refractivity contribution >= 4 is 52.6 Å². The fourth-order valence-electron chi connectivity index (χ4n) is 2.77. The van der Waals surface area contributed by atoms with Crippen molar-refractivity contribution in [2.24, 2.45) is 5.10 Å². The Morgan fingerprint density at radius 1 is 1.03 bits per heavy atom. The van der Waals surface area contributed by atoms with E-state index in [0.29, 0.717) is 5.56 Å². The van der Waals surface area contributed by atoms with Crippen LogP contribution in [0.3, 0.4) is 0 Å². The summed E-state index contributed by atoms with van der Waals surface area (Å²) in [7, 11) is 0. The van der Waals surface area contributed by atoms with Crippen molar-refractivity contribution in [2.45, 2.75) is 13.0 Å². The van der Waals surface area contributed by atoms with E-state index < -0.39 is 23.2 Å². The Labute approximate surface area is 204 Å². The number of nitrogens with zero attached hydrogens (tertiary/aromatic N) is 2. The molecule has 0 aliphatic carbocycles. The van der Waals surface area contributed by atoms with E-state index in [9.17, 15) is 19.7 Å². The van der Waals surface area contributed by atoms with E-state index in [2.05, 4.69) is 15.8 Å². The Hall–Kier alpha value is -3.95. The van der Waals surface area contributed by atoms with Gasteiger partial charge < -0.3 is 10.1 Å². The molecule has 11 heteroatoms. The molecular formula is C23H18Cl2N4O5. The Balaban J connectivity index is 1.56. The number of nitrogens with one attached hydrogen (secondary N) is 2. The van der Waals surface area contributed by atoms with E-state index >= 15 is 0 Å². The third kappa shape index (κ3) is 7.03. The third-order valence-electron chi connectivity index (χ3n) is 4.37. The van der Waals surface area contributed by atoms with Crippen LogP contribution < -0.4 is 15.5 Å². The number of hydrazone groups is 1. The Bertz CT molecular complexity index is 1240. The zero-order chi connectivity index (χ0) is 24.5. The zero-order valence-electron chi connectivity index (χ0n) is 17.5. The lowest BCUT2D eigenvalue weighted by molar-refractivity contribution is -0.385. The largest absolute Gasteiger partial charge is 0.482 e. The van der Waals surface area contributed by atoms with Crippen LogP contribution >= 0.6 is 23.2 Å². The number of carbonyl (C=O) groups is 2. The molecule has 3 aromatic carbocycles. The van der Waals surface area contributed by atoms with Crippen LogP contribution in [-0.4, -0.2) is 23.0 Å². The van der Waals surface area contributed by atoms with Crippen LogP contribution in [0.5, 0.6) is 5.75 Å². The summed E-state index contributed by atoms with van der Waals surface area (Å²) in [6.45, 7) is 0.174. The zero-order valence-corrected chi connectivity index (χ0v) is 19.0. The van der Waals surface area contributed by atoms with Crippen molar-refractivity contribution in [2.75, 3.05) is 5.32 Å². The first-order valence-corrected chi connectivity index (χ1v) is 10.6. The van der Waals surface area contributed by atoms with Crippen LogP contribution in [0.15, 0.2) is 71.8 Å². The number of nitro benzene ring substituents is 1. The minimum absolute atomic E-state index is 0.103. The molecule has 0 aliphatic rings. The molecule has 0 saturated carbocycles. The molecule has 2 N–H and O–H groups in total. The van der Waals surface area contributed by atoms with Gasteiger partial charge in [0.15, 0.2) is 5.75 Å². The lowest BCUT2D eigenvalue weighted by Crippen LogP contribution is -2.24. The first kappa shape index (κ1) is 24.7. The smallest absolute Gasteiger partial charge is 0.311 e. The van der Waals surface area contributed by atoms with Crippen molar-refractivity contribution < 1.29 is 19.2 Å². The second-order valence-corrected chi connectivity index (χ2v) is 7.66. The van der Waals surface area contributed by atoms with Crippen molar-refractivity contribution in [3.63, 3.8) is 0 Å². The van der Waals surface area contributed by atoms with Gasteiger partial charge in [-0.1, -0.05) is 59.6 Å². The minimum atomic E-state index is -0.691. The maximum atomic E-state index is 12.0. The first-order chi connectivity index (χ1) is 16.3. The van der Waals surface area contributed by atoms with Gasteiger partial charge in [0, 0.05) is 11.6 Å². The van der Waals surface area contributed by atoms with Crippen LogP contribution in [0.25, 0.3) is 0 Å². The standard InChI is InChI=1S/C23H18Cl2N4O5/c24-17-7-4-8-18(23(17)25)27-21(30)12-22(31)28-26-13-16-9-10-20(19(11-16)29(32)33)34-14-15-5-2-1-3-6-15/h1-11,13H,12,14H2,(H,27,30)(H,28,31). The lowest BCUT2D eigenvalue weighted by atomic mass is 10.2. The highest BCUT2D eigenvalue weighted by Gasteiger charge is 2.16. The van der Waals surface area contributed by atoms with Crippen LogP contribution in [0.2, 0.25) is 10.0 Å². The summed E-state index contributed by atoms with van der Waals surface area (Å²) in [6.07, 6.45) is 0.699. The predicted molar refractivity (Wildman–Crippen MR) is 129 cm³/mol. The van der Waals surface area contributed by atoms with Crippen LogP contribution in [0.4, 0.5) is 11.4 Å². The highest BCUT2D eigenvalue weighted by Crippen LogP contribution is 2.30. The molecule has 0 radical (unpaired) electrons. The molecule has 0 heterocycles. The summed E-state index contributed by atoms with van der Waals surface area (Å²) < 4.78 is 5.57. The number of carbonyl (C=O) groups excluding carboxylic acids is 2. The Morgan fingerprint density at radius 2 is 1.79 bits per heavy atom. The summed E-state index contributed by atoms with van der Waals surface area (Å²) >= 11 is 11.9. The average Bonchev–Trinajstić information content (AvgIpc) is 2.81. The van der Waals surface area contributed by atoms with E-state index in [-0.39, 0.29) is 33.8 Å². The molecule has 0 unspecified atom stereocenters. The molecule has 0 aliphatic heterocycles. The minimum Gasteiger partial charge on any atom is -0.482 e. The average molecular weight is 501 g/mol. The Morgan fingerprint density at radius 3 is 2.53 bits per heavy atom. The molecule has 3 aromatic rings. The maximum Gasteiger partial charge on any atom is 0.311 e. The fourth-order valence-corrected chi connectivity index (χ4v) is 3.12. The molecule has 2 amide bonds. The van der Waals surface area contributed by atoms with Crippen LogP contribution in [0.1, 0.15) is 17.5 Å². The fraction of sp³-hybridized carbons (Fsp3) is 0.0870. The molecule has 0 atom stereocenters. The lowest BCUT2D eigenvalue weighted by Gasteiger charge is -2.08. The maximum absolute atomic E-state index is 12.0. The summed E-state index contributed by atoms with van der Waals surface area (Å²) in [4.78, 5) is 34.9. The predicted octanol–water partition coefficient (Wildman–Crippen LogP) is 4.96. The number of benzene rings is 3. The van der Waals surface area contributed by atoms with Crippen LogP contribution in [0, 0.1) is 10.1 Å². The van der Waals surface area contributed by atoms with Gasteiger partial charge in [0.25, 0.3) is 0 Å². The number of anilines is 1. The topological polar surface area (TPSA) is 123 Å². The van der Waals surface area contributed by atoms with Gasteiger partial charge in [0.05, 0.1) is 26.9 Å². The highest BCUT2D eigenvalue weighted by atomic mass is 35.5. The van der Waals surface area contributed by atoms with Crippen molar-refractivity contribution in [3.8, 4) is 5.75 Å². The normalized spacial score (nSPS) is 10.6. The number of nitro groups is 1. The van der Waals surface area contributed by atoms with E-state index in [0.717, 1.165) is 5.56 Å². The summed E-state index contributed by atoms with van der Waals surface area (Å²) in [5.74, 6) is -1.21. The summed E-state index contributed by atoms with van der Waals surface area (Å²) in [5.41, 5.74) is 3.45. The molecule has 0 spiro atoms. The first-order valence-electron chi connectivity index (χ1n) is 9.84. The highest BCUT2D eigenvalue weighted by molar-refractivity contribution is 6.44. The number of halogens is 2. The van der Waals surface area contributed by atoms with E-state index in [1.54, 1.807) is 24.3 Å². The van der Waals surface area contributed by atoms with Gasteiger partial charge in [-0.25, -0.2) is 5.43 Å². The van der Waals surface area contributed by atoms with Gasteiger partial charge in [0.1, 0.15) is 13.0 Å². The van der Waals surface area contributed by atoms with E-state index in [1.807, 2.05) is 30.3 Å². The molecule has 174 valence electrons. The molecule has 0 bridgehead atoms. The molecule has 0 fully saturated rings. The van der Waals surface area contributed by atoms with Gasteiger partial charge >= 0.3 is 5.69 Å². The molecule has 3 rings (SSSR count). The van der Waals surface area contributed by atoms with Gasteiger partial charge in [0.2, 0.25) is 11.8 Å². The van der Waals surface area contributed by atoms with Crippen molar-refractivity contribution in [3.05, 3.63) is 98.0 Å². The number of rotatable bonds is 9. The van der Waals surface area contributed by atoms with Crippen molar-refractivity contribution in [1.29, 1.82) is 0 Å². The quantitative estimate of drug-likeness (QED) is 0.186. The van der Waals surface area contributed by atoms with Gasteiger partial charge in [-0.2, -0.15) is 5.10 Å². The summed E-state index contributed by atoms with van der Waals surface area (Å²) in [6, 6.07) is 18.2. The second kappa shape index (κ2) is 11.8. The molecule has 34 heavy (non-hydrogen) atoms. The number of amides is 2. The molecule has 0 aromatic heterocycles. The van der Waals surface area contributed by atoms with Gasteiger partial charge in [-0.15, -0.1) is 0 Å². The second-order valence-electron chi connectivity index (χ2n) is 6.88. The SMILES string of the molecule is O=C(CC(=O)Nc1cccc(Cl)c1Cl)NN=Cc1ccc(OCc2ccccc2)c([N+](=O)[O-])c1. The third-order valence-corrected chi connectivity index (χ3v) is 5.19. The number of ether oxygens (including phenoxy) is 1. The van der Waals surface area contributed by atoms with E-state index in [4.69, 9.17) is 27.9 Å².